The van der Waals surface area contributed by atoms with Crippen molar-refractivity contribution in [3.63, 3.8) is 0 Å². The van der Waals surface area contributed by atoms with Gasteiger partial charge < -0.3 is 9.67 Å². The largest absolute Gasteiger partial charge is 0.393 e. The third-order valence-electron chi connectivity index (χ3n) is 1.42. The fourth-order valence-electron chi connectivity index (χ4n) is 0.884. The predicted molar refractivity (Wildman–Crippen MR) is 38.6 cm³/mol. The van der Waals surface area contributed by atoms with Crippen molar-refractivity contribution in [1.29, 1.82) is 0 Å². The first-order valence-corrected chi connectivity index (χ1v) is 3.33. The van der Waals surface area contributed by atoms with Crippen LogP contribution in [-0.2, 0) is 13.5 Å². The number of imidazole rings is 1. The Morgan fingerprint density at radius 2 is 2.50 bits per heavy atom. The summed E-state index contributed by atoms with van der Waals surface area (Å²) in [5, 5.41) is 9.01. The van der Waals surface area contributed by atoms with Gasteiger partial charge in [0, 0.05) is 25.4 Å². The number of aliphatic hydroxyl groups excluding tert-OH is 1. The summed E-state index contributed by atoms with van der Waals surface area (Å²) in [5.74, 6) is 0. The molecule has 10 heavy (non-hydrogen) atoms. The Kier molecular flexibility index (Phi) is 2.06. The van der Waals surface area contributed by atoms with Crippen LogP contribution in [-0.4, -0.2) is 20.8 Å². The average molecular weight is 140 g/mol. The molecule has 0 aliphatic rings. The molecule has 1 rings (SSSR count). The van der Waals surface area contributed by atoms with Crippen LogP contribution in [0.3, 0.4) is 0 Å². The van der Waals surface area contributed by atoms with Crippen LogP contribution < -0.4 is 0 Å². The Morgan fingerprint density at radius 3 is 2.90 bits per heavy atom. The van der Waals surface area contributed by atoms with Crippen molar-refractivity contribution in [3.8, 4) is 0 Å². The Hall–Kier alpha value is -0.830. The van der Waals surface area contributed by atoms with E-state index in [2.05, 4.69) is 4.98 Å². The van der Waals surface area contributed by atoms with E-state index in [-0.39, 0.29) is 6.10 Å². The fraction of sp³-hybridized carbons (Fsp3) is 0.571. The molecule has 0 bridgehead atoms. The molecule has 56 valence electrons. The predicted octanol–water partition coefficient (Wildman–Crippen LogP) is 0.343. The van der Waals surface area contributed by atoms with E-state index in [1.54, 1.807) is 19.4 Å². The van der Waals surface area contributed by atoms with Gasteiger partial charge >= 0.3 is 0 Å². The van der Waals surface area contributed by atoms with Crippen molar-refractivity contribution in [1.82, 2.24) is 9.55 Å². The maximum atomic E-state index is 9.01. The molecule has 0 fully saturated rings. The molecule has 0 aliphatic carbocycles. The van der Waals surface area contributed by atoms with Crippen LogP contribution in [0.2, 0.25) is 0 Å². The highest BCUT2D eigenvalue weighted by atomic mass is 16.3. The zero-order valence-electron chi connectivity index (χ0n) is 6.28. The molecule has 3 nitrogen and oxygen atoms in total. The summed E-state index contributed by atoms with van der Waals surface area (Å²) in [7, 11) is 1.92. The van der Waals surface area contributed by atoms with E-state index in [1.807, 2.05) is 11.6 Å². The summed E-state index contributed by atoms with van der Waals surface area (Å²) < 4.78 is 1.91. The molecule has 1 aromatic heterocycles. The van der Waals surface area contributed by atoms with Crippen LogP contribution in [0.1, 0.15) is 12.6 Å². The Labute approximate surface area is 60.3 Å². The highest BCUT2D eigenvalue weighted by Crippen LogP contribution is 1.99. The number of aryl methyl sites for hydroxylation is 1. The Bertz CT molecular complexity index is 205. The summed E-state index contributed by atoms with van der Waals surface area (Å²) in [6.45, 7) is 1.77. The van der Waals surface area contributed by atoms with E-state index in [4.69, 9.17) is 5.11 Å². The summed E-state index contributed by atoms with van der Waals surface area (Å²) in [6, 6.07) is 0. The first kappa shape index (κ1) is 7.28. The second-order valence-corrected chi connectivity index (χ2v) is 2.55. The van der Waals surface area contributed by atoms with Gasteiger partial charge in [-0.1, -0.05) is 0 Å². The molecule has 1 atom stereocenters. The van der Waals surface area contributed by atoms with Crippen LogP contribution in [0, 0.1) is 0 Å². The summed E-state index contributed by atoms with van der Waals surface area (Å²) in [6.07, 6.45) is 3.90. The van der Waals surface area contributed by atoms with Gasteiger partial charge in [0.25, 0.3) is 0 Å². The van der Waals surface area contributed by atoms with Gasteiger partial charge in [-0.25, -0.2) is 4.98 Å². The van der Waals surface area contributed by atoms with Gasteiger partial charge in [-0.05, 0) is 6.92 Å². The monoisotopic (exact) mass is 140 g/mol. The topological polar surface area (TPSA) is 38.1 Å². The quantitative estimate of drug-likeness (QED) is 0.643. The van der Waals surface area contributed by atoms with E-state index in [1.165, 1.54) is 0 Å². The van der Waals surface area contributed by atoms with Crippen molar-refractivity contribution < 1.29 is 5.11 Å². The minimum absolute atomic E-state index is 0.282. The van der Waals surface area contributed by atoms with Gasteiger partial charge in [0.05, 0.1) is 12.4 Å². The second-order valence-electron chi connectivity index (χ2n) is 2.55. The lowest BCUT2D eigenvalue weighted by Crippen LogP contribution is -2.07. The number of rotatable bonds is 2. The molecule has 0 radical (unpaired) electrons. The van der Waals surface area contributed by atoms with Gasteiger partial charge in [0.2, 0.25) is 0 Å². The van der Waals surface area contributed by atoms with Crippen molar-refractivity contribution in [2.45, 2.75) is 19.4 Å². The Morgan fingerprint density at radius 1 is 1.80 bits per heavy atom. The minimum Gasteiger partial charge on any atom is -0.393 e. The molecule has 0 saturated carbocycles. The molecule has 0 spiro atoms. The number of aromatic nitrogens is 2. The SMILES string of the molecule is CC(O)Cc1cncn1C. The molecule has 1 N–H and O–H groups in total. The fourth-order valence-corrected chi connectivity index (χ4v) is 0.884. The first-order chi connectivity index (χ1) is 4.70. The van der Waals surface area contributed by atoms with Crippen LogP contribution in [0.5, 0.6) is 0 Å². The summed E-state index contributed by atoms with van der Waals surface area (Å²) in [4.78, 5) is 3.93. The zero-order valence-corrected chi connectivity index (χ0v) is 6.28. The second kappa shape index (κ2) is 2.84. The van der Waals surface area contributed by atoms with Gasteiger partial charge in [0.1, 0.15) is 0 Å². The molecule has 0 aliphatic heterocycles. The lowest BCUT2D eigenvalue weighted by Gasteiger charge is -2.03. The molecule has 0 amide bonds. The molecule has 0 saturated heterocycles. The maximum absolute atomic E-state index is 9.01. The third-order valence-corrected chi connectivity index (χ3v) is 1.42. The highest BCUT2D eigenvalue weighted by Gasteiger charge is 2.01. The molecule has 1 heterocycles. The molecule has 1 unspecified atom stereocenters. The number of nitrogens with zero attached hydrogens (tertiary/aromatic N) is 2. The Balaban J connectivity index is 2.65. The van der Waals surface area contributed by atoms with Gasteiger partial charge in [0.15, 0.2) is 0 Å². The van der Waals surface area contributed by atoms with Crippen LogP contribution in [0.4, 0.5) is 0 Å². The normalized spacial score (nSPS) is 13.5. The van der Waals surface area contributed by atoms with Crippen molar-refractivity contribution in [2.75, 3.05) is 0 Å². The zero-order chi connectivity index (χ0) is 7.56. The van der Waals surface area contributed by atoms with Crippen LogP contribution >= 0.6 is 0 Å². The average Bonchev–Trinajstić information content (AvgIpc) is 2.15. The first-order valence-electron chi connectivity index (χ1n) is 3.33. The summed E-state index contributed by atoms with van der Waals surface area (Å²) in [5.41, 5.74) is 1.06. The molecule has 3 heteroatoms. The van der Waals surface area contributed by atoms with Crippen molar-refractivity contribution in [3.05, 3.63) is 18.2 Å². The molecule has 0 aromatic carbocycles. The van der Waals surface area contributed by atoms with Crippen molar-refractivity contribution in [2.24, 2.45) is 7.05 Å². The van der Waals surface area contributed by atoms with Gasteiger partial charge in [-0.15, -0.1) is 0 Å². The standard InChI is InChI=1S/C7H12N2O/c1-6(10)3-7-4-8-5-9(7)2/h4-6,10H,3H2,1-2H3. The van der Waals surface area contributed by atoms with E-state index in [9.17, 15) is 0 Å². The highest BCUT2D eigenvalue weighted by molar-refractivity contribution is 4.98. The summed E-state index contributed by atoms with van der Waals surface area (Å²) >= 11 is 0. The van der Waals surface area contributed by atoms with E-state index < -0.39 is 0 Å². The van der Waals surface area contributed by atoms with E-state index in [0.717, 1.165) is 5.69 Å². The van der Waals surface area contributed by atoms with Gasteiger partial charge in [-0.3, -0.25) is 0 Å². The molecular formula is C7H12N2O. The number of hydrogen-bond acceptors (Lipinski definition) is 2. The molecule has 1 aromatic rings. The lowest BCUT2D eigenvalue weighted by molar-refractivity contribution is 0.193. The lowest BCUT2D eigenvalue weighted by atomic mass is 10.2. The van der Waals surface area contributed by atoms with Crippen LogP contribution in [0.25, 0.3) is 0 Å². The minimum atomic E-state index is -0.282. The number of aliphatic hydroxyl groups is 1. The van der Waals surface area contributed by atoms with Crippen LogP contribution in [0.15, 0.2) is 12.5 Å². The smallest absolute Gasteiger partial charge is 0.0945 e. The van der Waals surface area contributed by atoms with E-state index >= 15 is 0 Å². The third kappa shape index (κ3) is 1.57. The van der Waals surface area contributed by atoms with Crippen molar-refractivity contribution >= 4 is 0 Å². The molecular weight excluding hydrogens is 128 g/mol. The van der Waals surface area contributed by atoms with E-state index in [0.29, 0.717) is 6.42 Å². The maximum Gasteiger partial charge on any atom is 0.0945 e. The number of hydrogen-bond donors (Lipinski definition) is 1. The van der Waals surface area contributed by atoms with Gasteiger partial charge in [-0.2, -0.15) is 0 Å².